The van der Waals surface area contributed by atoms with Gasteiger partial charge in [-0.05, 0) is 53.6 Å². The highest BCUT2D eigenvalue weighted by Crippen LogP contribution is 2.25. The van der Waals surface area contributed by atoms with Gasteiger partial charge in [0.05, 0.1) is 23.6 Å². The fraction of sp³-hybridized carbons (Fsp3) is 0.333. The van der Waals surface area contributed by atoms with Crippen LogP contribution in [0, 0.1) is 5.92 Å². The lowest BCUT2D eigenvalue weighted by molar-refractivity contribution is -0.126. The molecule has 0 radical (unpaired) electrons. The monoisotopic (exact) mass is 456 g/mol. The van der Waals surface area contributed by atoms with Gasteiger partial charge in [0.25, 0.3) is 0 Å². The predicted molar refractivity (Wildman–Crippen MR) is 115 cm³/mol. The summed E-state index contributed by atoms with van der Waals surface area (Å²) >= 11 is 0. The van der Waals surface area contributed by atoms with Crippen molar-refractivity contribution >= 4 is 15.9 Å². The Morgan fingerprint density at radius 1 is 1.19 bits per heavy atom. The number of rotatable bonds is 7. The van der Waals surface area contributed by atoms with E-state index < -0.39 is 15.9 Å². The lowest BCUT2D eigenvalue weighted by atomic mass is 9.98. The van der Waals surface area contributed by atoms with Crippen LogP contribution in [-0.2, 0) is 21.4 Å². The molecule has 2 aromatic carbocycles. The Kier molecular flexibility index (Phi) is 6.47. The van der Waals surface area contributed by atoms with E-state index in [9.17, 15) is 13.2 Å². The van der Waals surface area contributed by atoms with Gasteiger partial charge in [0.2, 0.25) is 15.9 Å². The summed E-state index contributed by atoms with van der Waals surface area (Å²) in [5.74, 6) is 0.129. The van der Waals surface area contributed by atoms with E-state index in [1.807, 2.05) is 24.3 Å². The number of ether oxygens (including phenoxy) is 1. The van der Waals surface area contributed by atoms with Gasteiger partial charge in [0.15, 0.2) is 0 Å². The molecule has 1 aliphatic heterocycles. The maximum Gasteiger partial charge on any atom is 0.243 e. The van der Waals surface area contributed by atoms with Gasteiger partial charge in [-0.25, -0.2) is 13.1 Å². The number of nitrogens with zero attached hydrogens (tertiary/aromatic N) is 5. The van der Waals surface area contributed by atoms with Gasteiger partial charge in [-0.15, -0.1) is 5.10 Å². The Bertz CT molecular complexity index is 1170. The Morgan fingerprint density at radius 2 is 1.97 bits per heavy atom. The van der Waals surface area contributed by atoms with Gasteiger partial charge < -0.3 is 10.1 Å². The van der Waals surface area contributed by atoms with Crippen LogP contribution in [0.5, 0.6) is 5.75 Å². The summed E-state index contributed by atoms with van der Waals surface area (Å²) in [6, 6.07) is 13.8. The zero-order valence-corrected chi connectivity index (χ0v) is 18.4. The molecule has 1 amide bonds. The molecule has 1 fully saturated rings. The molecule has 1 saturated heterocycles. The average Bonchev–Trinajstić information content (AvgIpc) is 3.38. The van der Waals surface area contributed by atoms with Gasteiger partial charge in [0, 0.05) is 25.2 Å². The fourth-order valence-corrected chi connectivity index (χ4v) is 5.27. The quantitative estimate of drug-likeness (QED) is 0.570. The molecule has 1 aliphatic rings. The molecule has 0 unspecified atom stereocenters. The van der Waals surface area contributed by atoms with Crippen molar-refractivity contribution in [2.24, 2.45) is 5.92 Å². The summed E-state index contributed by atoms with van der Waals surface area (Å²) in [5, 5.41) is 13.9. The zero-order valence-electron chi connectivity index (χ0n) is 17.6. The largest absolute Gasteiger partial charge is 0.496 e. The molecule has 32 heavy (non-hydrogen) atoms. The van der Waals surface area contributed by atoms with Crippen LogP contribution >= 0.6 is 0 Å². The molecule has 2 heterocycles. The van der Waals surface area contributed by atoms with E-state index in [0.717, 1.165) is 5.56 Å². The SMILES string of the molecule is COc1ccccc1CNC(=O)[C@@H]1CCCN(S(=O)(=O)c2ccc(-n3cnnn3)cc2)C1. The van der Waals surface area contributed by atoms with E-state index in [1.54, 1.807) is 19.2 Å². The van der Waals surface area contributed by atoms with Crippen LogP contribution in [-0.4, -0.2) is 59.0 Å². The highest BCUT2D eigenvalue weighted by Gasteiger charge is 2.33. The summed E-state index contributed by atoms with van der Waals surface area (Å²) in [7, 11) is -2.14. The van der Waals surface area contributed by atoms with Crippen molar-refractivity contribution in [3.05, 3.63) is 60.4 Å². The van der Waals surface area contributed by atoms with Gasteiger partial charge in [0.1, 0.15) is 12.1 Å². The molecule has 1 N–H and O–H groups in total. The van der Waals surface area contributed by atoms with Gasteiger partial charge in [-0.1, -0.05) is 18.2 Å². The fourth-order valence-electron chi connectivity index (χ4n) is 3.75. The summed E-state index contributed by atoms with van der Waals surface area (Å²) in [4.78, 5) is 12.9. The third-order valence-electron chi connectivity index (χ3n) is 5.49. The molecular formula is C21H24N6O4S. The molecule has 3 aromatic rings. The summed E-state index contributed by atoms with van der Waals surface area (Å²) < 4.78 is 34.4. The van der Waals surface area contributed by atoms with E-state index >= 15 is 0 Å². The molecule has 0 aliphatic carbocycles. The first-order valence-corrected chi connectivity index (χ1v) is 11.7. The Morgan fingerprint density at radius 3 is 2.69 bits per heavy atom. The van der Waals surface area contributed by atoms with Crippen LogP contribution in [0.25, 0.3) is 5.69 Å². The van der Waals surface area contributed by atoms with Crippen LogP contribution in [0.2, 0.25) is 0 Å². The van der Waals surface area contributed by atoms with Crippen molar-refractivity contribution in [1.82, 2.24) is 29.8 Å². The zero-order chi connectivity index (χ0) is 22.6. The average molecular weight is 457 g/mol. The predicted octanol–water partition coefficient (Wildman–Crippen LogP) is 1.39. The first-order chi connectivity index (χ1) is 15.5. The smallest absolute Gasteiger partial charge is 0.243 e. The minimum Gasteiger partial charge on any atom is -0.496 e. The Labute approximate surface area is 186 Å². The van der Waals surface area contributed by atoms with Crippen molar-refractivity contribution in [1.29, 1.82) is 0 Å². The number of tetrazole rings is 1. The van der Waals surface area contributed by atoms with E-state index in [-0.39, 0.29) is 17.3 Å². The van der Waals surface area contributed by atoms with Crippen LogP contribution in [0.15, 0.2) is 59.8 Å². The molecular weight excluding hydrogens is 432 g/mol. The molecule has 0 bridgehead atoms. The van der Waals surface area contributed by atoms with Crippen LogP contribution in [0.1, 0.15) is 18.4 Å². The minimum absolute atomic E-state index is 0.148. The third kappa shape index (κ3) is 4.63. The van der Waals surface area contributed by atoms with E-state index in [2.05, 4.69) is 20.8 Å². The van der Waals surface area contributed by atoms with Gasteiger partial charge in [-0.3, -0.25) is 4.79 Å². The van der Waals surface area contributed by atoms with Gasteiger partial charge >= 0.3 is 0 Å². The van der Waals surface area contributed by atoms with E-state index in [1.165, 1.54) is 27.4 Å². The maximum absolute atomic E-state index is 13.1. The molecule has 1 aromatic heterocycles. The molecule has 0 spiro atoms. The number of piperidine rings is 1. The Balaban J connectivity index is 1.41. The molecule has 0 saturated carbocycles. The Hall–Kier alpha value is -3.31. The standard InChI is InChI=1S/C21H24N6O4S/c1-31-20-7-3-2-5-16(20)13-22-21(28)17-6-4-12-26(14-17)32(29,30)19-10-8-18(9-11-19)27-15-23-24-25-27/h2-3,5,7-11,15,17H,4,6,12-14H2,1H3,(H,22,28)/t17-/m1/s1. The number of carbonyl (C=O) groups excluding carboxylic acids is 1. The second kappa shape index (κ2) is 9.45. The van der Waals surface area contributed by atoms with Crippen molar-refractivity contribution in [2.45, 2.75) is 24.3 Å². The number of aromatic nitrogens is 4. The highest BCUT2D eigenvalue weighted by molar-refractivity contribution is 7.89. The van der Waals surface area contributed by atoms with E-state index in [4.69, 9.17) is 4.74 Å². The summed E-state index contributed by atoms with van der Waals surface area (Å²) in [6.07, 6.45) is 2.69. The van der Waals surface area contributed by atoms with Crippen molar-refractivity contribution in [3.63, 3.8) is 0 Å². The maximum atomic E-state index is 13.1. The third-order valence-corrected chi connectivity index (χ3v) is 7.37. The number of benzene rings is 2. The molecule has 11 heteroatoms. The number of carbonyl (C=O) groups is 1. The minimum atomic E-state index is -3.72. The van der Waals surface area contributed by atoms with Crippen molar-refractivity contribution < 1.29 is 17.9 Å². The number of para-hydroxylation sites is 1. The molecule has 4 rings (SSSR count). The van der Waals surface area contributed by atoms with Crippen LogP contribution < -0.4 is 10.1 Å². The molecule has 10 nitrogen and oxygen atoms in total. The number of nitrogens with one attached hydrogen (secondary N) is 1. The second-order valence-electron chi connectivity index (χ2n) is 7.48. The number of sulfonamides is 1. The van der Waals surface area contributed by atoms with Crippen LogP contribution in [0.4, 0.5) is 0 Å². The number of hydrogen-bond acceptors (Lipinski definition) is 7. The lowest BCUT2D eigenvalue weighted by Crippen LogP contribution is -2.45. The number of amides is 1. The first-order valence-electron chi connectivity index (χ1n) is 10.2. The number of methoxy groups -OCH3 is 1. The highest BCUT2D eigenvalue weighted by atomic mass is 32.2. The molecule has 168 valence electrons. The van der Waals surface area contributed by atoms with Crippen molar-refractivity contribution in [2.75, 3.05) is 20.2 Å². The summed E-state index contributed by atoms with van der Waals surface area (Å²) in [5.41, 5.74) is 1.52. The van der Waals surface area contributed by atoms with Crippen LogP contribution in [0.3, 0.4) is 0 Å². The van der Waals surface area contributed by atoms with Gasteiger partial charge in [-0.2, -0.15) is 4.31 Å². The van der Waals surface area contributed by atoms with Crippen molar-refractivity contribution in [3.8, 4) is 11.4 Å². The second-order valence-corrected chi connectivity index (χ2v) is 9.42. The topological polar surface area (TPSA) is 119 Å². The summed E-state index contributed by atoms with van der Waals surface area (Å²) in [6.45, 7) is 0.854. The normalized spacial score (nSPS) is 17.1. The van der Waals surface area contributed by atoms with E-state index in [0.29, 0.717) is 37.4 Å². The molecule has 1 atom stereocenters. The number of hydrogen-bond donors (Lipinski definition) is 1. The lowest BCUT2D eigenvalue weighted by Gasteiger charge is -2.31. The first kappa shape index (κ1) is 21.9.